The monoisotopic (exact) mass is 518 g/mol. The number of hydrogen-bond donors (Lipinski definition) is 0. The average Bonchev–Trinajstić information content (AvgIpc) is 3.04. The molecule has 0 radical (unpaired) electrons. The van der Waals surface area contributed by atoms with Crippen LogP contribution in [0.25, 0.3) is 0 Å². The topological polar surface area (TPSA) is 101 Å². The number of rotatable bonds is 4. The van der Waals surface area contributed by atoms with Crippen LogP contribution < -0.4 is 9.64 Å². The molecular weight excluding hydrogens is 509 g/mol. The summed E-state index contributed by atoms with van der Waals surface area (Å²) >= 11 is 12.3. The van der Waals surface area contributed by atoms with Crippen molar-refractivity contribution in [1.29, 1.82) is 0 Å². The van der Waals surface area contributed by atoms with Crippen LogP contribution in [-0.2, 0) is 9.59 Å². The molecule has 1 heterocycles. The predicted molar refractivity (Wildman–Crippen MR) is 118 cm³/mol. The predicted octanol–water partition coefficient (Wildman–Crippen LogP) is 4.63. The molecule has 1 saturated heterocycles. The van der Waals surface area contributed by atoms with Crippen molar-refractivity contribution in [2.75, 3.05) is 4.90 Å². The van der Waals surface area contributed by atoms with E-state index >= 15 is 0 Å². The zero-order valence-electron chi connectivity index (χ0n) is 17.1. The fourth-order valence-corrected chi connectivity index (χ4v) is 3.74. The molecule has 0 N–H and O–H groups in total. The minimum absolute atomic E-state index is 0.189. The molecule has 176 valence electrons. The third-order valence-corrected chi connectivity index (χ3v) is 5.36. The Morgan fingerprint density at radius 3 is 1.94 bits per heavy atom. The van der Waals surface area contributed by atoms with Crippen LogP contribution in [-0.4, -0.2) is 34.6 Å². The van der Waals surface area contributed by atoms with Crippen molar-refractivity contribution in [3.63, 3.8) is 0 Å². The van der Waals surface area contributed by atoms with Crippen LogP contribution in [0.15, 0.2) is 60.7 Å². The van der Waals surface area contributed by atoms with Gasteiger partial charge in [0.2, 0.25) is 0 Å². The van der Waals surface area contributed by atoms with Crippen LogP contribution in [0.2, 0.25) is 10.0 Å². The number of halogens is 4. The third-order valence-electron chi connectivity index (χ3n) is 4.80. The van der Waals surface area contributed by atoms with E-state index in [0.717, 1.165) is 30.3 Å². The van der Waals surface area contributed by atoms with Gasteiger partial charge in [-0.25, -0.2) is 23.3 Å². The molecule has 1 aliphatic rings. The second-order valence-electron chi connectivity index (χ2n) is 6.96. The third kappa shape index (κ3) is 4.25. The average molecular weight is 519 g/mol. The molecule has 3 aromatic carbocycles. The molecule has 0 aromatic heterocycles. The van der Waals surface area contributed by atoms with Crippen LogP contribution >= 0.6 is 23.2 Å². The van der Waals surface area contributed by atoms with Gasteiger partial charge in [-0.05, 0) is 36.4 Å². The largest absolute Gasteiger partial charge is 0.420 e. The number of anilines is 1. The maximum atomic E-state index is 14.0. The molecule has 12 heteroatoms. The molecule has 0 bridgehead atoms. The molecule has 1 fully saturated rings. The fraction of sp³-hybridized carbons (Fsp3) is 0. The number of nitrogens with zero attached hydrogens (tertiary/aromatic N) is 2. The normalized spacial score (nSPS) is 13.4. The lowest BCUT2D eigenvalue weighted by Crippen LogP contribution is -2.39. The number of carbonyl (C=O) groups excluding carboxylic acids is 5. The highest BCUT2D eigenvalue weighted by Crippen LogP contribution is 2.39. The number of imide groups is 4. The highest BCUT2D eigenvalue weighted by Gasteiger charge is 2.50. The molecule has 0 spiro atoms. The first-order chi connectivity index (χ1) is 16.6. The Balaban J connectivity index is 1.66. The molecular formula is C23H10Cl2F2N2O6. The number of ether oxygens (including phenoxy) is 1. The van der Waals surface area contributed by atoms with E-state index in [1.54, 1.807) is 18.2 Å². The van der Waals surface area contributed by atoms with Crippen LogP contribution in [0.4, 0.5) is 19.3 Å². The molecule has 0 saturated carbocycles. The van der Waals surface area contributed by atoms with Gasteiger partial charge in [-0.1, -0.05) is 47.5 Å². The van der Waals surface area contributed by atoms with Crippen LogP contribution in [0.3, 0.4) is 0 Å². The summed E-state index contributed by atoms with van der Waals surface area (Å²) < 4.78 is 33.2. The molecule has 3 aromatic rings. The maximum absolute atomic E-state index is 14.0. The molecule has 0 unspecified atom stereocenters. The molecule has 0 aliphatic carbocycles. The van der Waals surface area contributed by atoms with Gasteiger partial charge in [-0.3, -0.25) is 14.4 Å². The lowest BCUT2D eigenvalue weighted by atomic mass is 10.1. The van der Waals surface area contributed by atoms with Crippen molar-refractivity contribution in [3.8, 4) is 5.75 Å². The van der Waals surface area contributed by atoms with E-state index in [0.29, 0.717) is 0 Å². The van der Waals surface area contributed by atoms with Crippen molar-refractivity contribution in [3.05, 3.63) is 93.5 Å². The molecule has 4 rings (SSSR count). The summed E-state index contributed by atoms with van der Waals surface area (Å²) in [6, 6.07) is 10.8. The van der Waals surface area contributed by atoms with Crippen LogP contribution in [0.5, 0.6) is 5.75 Å². The number of carbonyl (C=O) groups is 5. The van der Waals surface area contributed by atoms with E-state index in [-0.39, 0.29) is 36.8 Å². The van der Waals surface area contributed by atoms with Gasteiger partial charge in [0, 0.05) is 0 Å². The Morgan fingerprint density at radius 1 is 0.800 bits per heavy atom. The van der Waals surface area contributed by atoms with Crippen LogP contribution in [0, 0.1) is 11.6 Å². The van der Waals surface area contributed by atoms with Crippen molar-refractivity contribution < 1.29 is 37.5 Å². The van der Waals surface area contributed by atoms with Gasteiger partial charge in [0.1, 0.15) is 17.2 Å². The standard InChI is InChI=1S/C23H10Cl2F2N2O6/c24-13-9-12(10-14(25)18(13)35-22(33)11-5-2-1-3-6-11)28-20(31)21(32)29(23(28)34)19(30)17-15(26)7-4-8-16(17)27/h1-10H. The Kier molecular flexibility index (Phi) is 6.33. The van der Waals surface area contributed by atoms with Gasteiger partial charge < -0.3 is 4.74 Å². The zero-order valence-corrected chi connectivity index (χ0v) is 18.6. The van der Waals surface area contributed by atoms with Crippen LogP contribution in [0.1, 0.15) is 20.7 Å². The summed E-state index contributed by atoms with van der Waals surface area (Å²) in [7, 11) is 0. The number of urea groups is 1. The van der Waals surface area contributed by atoms with Crippen molar-refractivity contribution >= 4 is 58.6 Å². The lowest BCUT2D eigenvalue weighted by Gasteiger charge is -2.17. The minimum atomic E-state index is -1.67. The van der Waals surface area contributed by atoms with Gasteiger partial charge >= 0.3 is 23.8 Å². The number of amides is 5. The first-order valence-electron chi connectivity index (χ1n) is 9.59. The Labute approximate surface area is 205 Å². The quantitative estimate of drug-likeness (QED) is 0.164. The van der Waals surface area contributed by atoms with E-state index in [2.05, 4.69) is 0 Å². The molecule has 8 nitrogen and oxygen atoms in total. The summed E-state index contributed by atoms with van der Waals surface area (Å²) in [5.74, 6) is -8.57. The highest BCUT2D eigenvalue weighted by atomic mass is 35.5. The number of hydrogen-bond acceptors (Lipinski definition) is 6. The molecule has 35 heavy (non-hydrogen) atoms. The van der Waals surface area contributed by atoms with Crippen molar-refractivity contribution in [2.45, 2.75) is 0 Å². The van der Waals surface area contributed by atoms with E-state index < -0.39 is 46.9 Å². The Hall–Kier alpha value is -4.15. The molecule has 5 amide bonds. The zero-order chi connectivity index (χ0) is 25.4. The first kappa shape index (κ1) is 24.0. The smallest absolute Gasteiger partial charge is 0.346 e. The Bertz CT molecular complexity index is 1390. The summed E-state index contributed by atoms with van der Waals surface area (Å²) in [6.45, 7) is 0. The molecule has 1 aliphatic heterocycles. The first-order valence-corrected chi connectivity index (χ1v) is 10.3. The van der Waals surface area contributed by atoms with E-state index in [1.807, 2.05) is 0 Å². The summed E-state index contributed by atoms with van der Waals surface area (Å²) in [4.78, 5) is 62.6. The molecule has 0 atom stereocenters. The summed E-state index contributed by atoms with van der Waals surface area (Å²) in [5, 5.41) is -0.621. The fourth-order valence-electron chi connectivity index (χ4n) is 3.18. The van der Waals surface area contributed by atoms with Crippen molar-refractivity contribution in [2.24, 2.45) is 0 Å². The van der Waals surface area contributed by atoms with Crippen molar-refractivity contribution in [1.82, 2.24) is 4.90 Å². The number of benzene rings is 3. The second kappa shape index (κ2) is 9.24. The second-order valence-corrected chi connectivity index (χ2v) is 7.77. The SMILES string of the molecule is O=C(Oc1c(Cl)cc(N2C(=O)C(=O)N(C(=O)c3c(F)cccc3F)C2=O)cc1Cl)c1ccccc1. The summed E-state index contributed by atoms with van der Waals surface area (Å²) in [5.41, 5.74) is -1.36. The number of esters is 1. The lowest BCUT2D eigenvalue weighted by molar-refractivity contribution is -0.138. The highest BCUT2D eigenvalue weighted by molar-refractivity contribution is 6.56. The summed E-state index contributed by atoms with van der Waals surface area (Å²) in [6.07, 6.45) is 0. The van der Waals surface area contributed by atoms with E-state index in [4.69, 9.17) is 27.9 Å². The maximum Gasteiger partial charge on any atom is 0.346 e. The van der Waals surface area contributed by atoms with Gasteiger partial charge in [-0.2, -0.15) is 4.90 Å². The van der Waals surface area contributed by atoms with Gasteiger partial charge in [0.05, 0.1) is 21.3 Å². The Morgan fingerprint density at radius 2 is 1.37 bits per heavy atom. The van der Waals surface area contributed by atoms with E-state index in [9.17, 15) is 32.8 Å². The van der Waals surface area contributed by atoms with E-state index in [1.165, 1.54) is 12.1 Å². The minimum Gasteiger partial charge on any atom is -0.420 e. The van der Waals surface area contributed by atoms with Gasteiger partial charge in [-0.15, -0.1) is 0 Å². The van der Waals surface area contributed by atoms with Gasteiger partial charge in [0.15, 0.2) is 5.75 Å². The van der Waals surface area contributed by atoms with Gasteiger partial charge in [0.25, 0.3) is 5.91 Å².